The van der Waals surface area contributed by atoms with Crippen molar-refractivity contribution in [3.8, 4) is 0 Å². The number of urea groups is 1. The molecule has 0 bridgehead atoms. The van der Waals surface area contributed by atoms with Gasteiger partial charge in [-0.1, -0.05) is 13.0 Å². The van der Waals surface area contributed by atoms with Crippen molar-refractivity contribution in [2.24, 2.45) is 0 Å². The number of rotatable bonds is 6. The summed E-state index contributed by atoms with van der Waals surface area (Å²) in [5, 5.41) is 22.7. The van der Waals surface area contributed by atoms with Gasteiger partial charge in [0, 0.05) is 4.90 Å². The second-order valence-electron chi connectivity index (χ2n) is 4.43. The molecule has 1 unspecified atom stereocenters. The van der Waals surface area contributed by atoms with Crippen LogP contribution in [0.15, 0.2) is 23.1 Å². The lowest BCUT2D eigenvalue weighted by Gasteiger charge is -2.19. The lowest BCUT2D eigenvalue weighted by Crippen LogP contribution is -2.47. The molecule has 0 radical (unpaired) electrons. The van der Waals surface area contributed by atoms with Gasteiger partial charge in [-0.05, 0) is 24.8 Å². The van der Waals surface area contributed by atoms with Crippen LogP contribution in [-0.4, -0.2) is 40.1 Å². The molecular weight excluding hydrogens is 299 g/mol. The number of carboxylic acids is 1. The lowest BCUT2D eigenvalue weighted by molar-refractivity contribution is -0.155. The summed E-state index contributed by atoms with van der Waals surface area (Å²) in [6.45, 7) is 2.44. The van der Waals surface area contributed by atoms with Gasteiger partial charge in [0.05, 0.1) is 12.2 Å². The zero-order valence-electron chi connectivity index (χ0n) is 11.6. The lowest BCUT2D eigenvalue weighted by atomic mass is 10.1. The zero-order valence-corrected chi connectivity index (χ0v) is 12.5. The highest BCUT2D eigenvalue weighted by Gasteiger charge is 2.30. The van der Waals surface area contributed by atoms with Crippen molar-refractivity contribution in [3.63, 3.8) is 0 Å². The van der Waals surface area contributed by atoms with E-state index in [0.29, 0.717) is 10.6 Å². The Bertz CT molecular complexity index is 537. The molecule has 8 heteroatoms. The third-order valence-corrected chi connectivity index (χ3v) is 3.51. The van der Waals surface area contributed by atoms with Crippen molar-refractivity contribution in [1.29, 1.82) is 0 Å². The SMILES string of the molecule is CCSc1cccc(F)c1NC(=O)NCC(C)(O)C(=O)O. The molecule has 0 saturated heterocycles. The quantitative estimate of drug-likeness (QED) is 0.601. The molecule has 0 saturated carbocycles. The number of aliphatic hydroxyl groups is 1. The Morgan fingerprint density at radius 2 is 2.10 bits per heavy atom. The van der Waals surface area contributed by atoms with Crippen LogP contribution >= 0.6 is 11.8 Å². The minimum atomic E-state index is -2.09. The van der Waals surface area contributed by atoms with Crippen LogP contribution in [0.5, 0.6) is 0 Å². The van der Waals surface area contributed by atoms with Gasteiger partial charge in [0.2, 0.25) is 0 Å². The van der Waals surface area contributed by atoms with Crippen LogP contribution in [0.25, 0.3) is 0 Å². The first-order chi connectivity index (χ1) is 9.77. The van der Waals surface area contributed by atoms with Crippen molar-refractivity contribution in [3.05, 3.63) is 24.0 Å². The minimum absolute atomic E-state index is 0.0248. The first-order valence-electron chi connectivity index (χ1n) is 6.20. The third kappa shape index (κ3) is 4.91. The highest BCUT2D eigenvalue weighted by atomic mass is 32.2. The topological polar surface area (TPSA) is 98.7 Å². The predicted molar refractivity (Wildman–Crippen MR) is 78.1 cm³/mol. The number of amides is 2. The van der Waals surface area contributed by atoms with E-state index >= 15 is 0 Å². The number of aliphatic carboxylic acids is 1. The molecule has 2 amide bonds. The van der Waals surface area contributed by atoms with E-state index in [2.05, 4.69) is 10.6 Å². The number of halogens is 1. The highest BCUT2D eigenvalue weighted by Crippen LogP contribution is 2.29. The number of nitrogens with one attached hydrogen (secondary N) is 2. The molecule has 1 aromatic rings. The van der Waals surface area contributed by atoms with E-state index in [0.717, 1.165) is 6.92 Å². The van der Waals surface area contributed by atoms with Crippen molar-refractivity contribution in [2.45, 2.75) is 24.3 Å². The van der Waals surface area contributed by atoms with Crippen LogP contribution in [0, 0.1) is 5.82 Å². The van der Waals surface area contributed by atoms with E-state index in [1.807, 2.05) is 6.92 Å². The molecule has 116 valence electrons. The maximum atomic E-state index is 13.7. The molecule has 0 aliphatic carbocycles. The number of carboxylic acid groups (broad SMARTS) is 1. The van der Waals surface area contributed by atoms with E-state index in [4.69, 9.17) is 5.11 Å². The van der Waals surface area contributed by atoms with E-state index in [9.17, 15) is 19.1 Å². The van der Waals surface area contributed by atoms with Crippen LogP contribution in [0.4, 0.5) is 14.9 Å². The highest BCUT2D eigenvalue weighted by molar-refractivity contribution is 7.99. The number of anilines is 1. The monoisotopic (exact) mass is 316 g/mol. The molecule has 4 N–H and O–H groups in total. The van der Waals surface area contributed by atoms with Gasteiger partial charge >= 0.3 is 12.0 Å². The first-order valence-corrected chi connectivity index (χ1v) is 7.18. The fraction of sp³-hybridized carbons (Fsp3) is 0.385. The van der Waals surface area contributed by atoms with Crippen LogP contribution < -0.4 is 10.6 Å². The summed E-state index contributed by atoms with van der Waals surface area (Å²) < 4.78 is 13.7. The van der Waals surface area contributed by atoms with Crippen LogP contribution in [0.1, 0.15) is 13.8 Å². The molecule has 0 aliphatic heterocycles. The van der Waals surface area contributed by atoms with E-state index in [-0.39, 0.29) is 5.69 Å². The largest absolute Gasteiger partial charge is 0.479 e. The molecule has 21 heavy (non-hydrogen) atoms. The molecule has 1 aromatic carbocycles. The van der Waals surface area contributed by atoms with Gasteiger partial charge in [-0.3, -0.25) is 0 Å². The Morgan fingerprint density at radius 3 is 2.67 bits per heavy atom. The zero-order chi connectivity index (χ0) is 16.0. The molecule has 1 atom stereocenters. The summed E-state index contributed by atoms with van der Waals surface area (Å²) in [6, 6.07) is 3.62. The number of hydrogen-bond acceptors (Lipinski definition) is 4. The average Bonchev–Trinajstić information content (AvgIpc) is 2.40. The molecular formula is C13H17FN2O4S. The van der Waals surface area contributed by atoms with Gasteiger partial charge < -0.3 is 20.8 Å². The van der Waals surface area contributed by atoms with Gasteiger partial charge in [0.1, 0.15) is 5.82 Å². The fourth-order valence-electron chi connectivity index (χ4n) is 1.39. The number of benzene rings is 1. The van der Waals surface area contributed by atoms with Crippen molar-refractivity contribution in [2.75, 3.05) is 17.6 Å². The molecule has 0 aromatic heterocycles. The fourth-order valence-corrected chi connectivity index (χ4v) is 2.17. The van der Waals surface area contributed by atoms with E-state index < -0.39 is 30.0 Å². The molecule has 0 heterocycles. The van der Waals surface area contributed by atoms with E-state index in [1.54, 1.807) is 6.07 Å². The molecule has 0 aliphatic rings. The minimum Gasteiger partial charge on any atom is -0.479 e. The Labute approximate surface area is 125 Å². The Balaban J connectivity index is 2.73. The van der Waals surface area contributed by atoms with E-state index in [1.165, 1.54) is 23.9 Å². The normalized spacial score (nSPS) is 13.3. The van der Waals surface area contributed by atoms with Gasteiger partial charge in [-0.25, -0.2) is 14.0 Å². The number of carbonyl (C=O) groups is 2. The van der Waals surface area contributed by atoms with Crippen molar-refractivity contribution >= 4 is 29.4 Å². The number of hydrogen-bond donors (Lipinski definition) is 4. The van der Waals surface area contributed by atoms with Crippen molar-refractivity contribution in [1.82, 2.24) is 5.32 Å². The van der Waals surface area contributed by atoms with Crippen LogP contribution in [-0.2, 0) is 4.79 Å². The van der Waals surface area contributed by atoms with Gasteiger partial charge in [0.15, 0.2) is 5.60 Å². The third-order valence-electron chi connectivity index (χ3n) is 2.57. The number of para-hydroxylation sites is 1. The summed E-state index contributed by atoms with van der Waals surface area (Å²) in [7, 11) is 0. The van der Waals surface area contributed by atoms with Crippen LogP contribution in [0.3, 0.4) is 0 Å². The molecule has 0 fully saturated rings. The smallest absolute Gasteiger partial charge is 0.337 e. The second kappa shape index (κ2) is 7.28. The van der Waals surface area contributed by atoms with Gasteiger partial charge in [0.25, 0.3) is 0 Å². The maximum absolute atomic E-state index is 13.7. The summed E-state index contributed by atoms with van der Waals surface area (Å²) in [5.74, 6) is -1.35. The van der Waals surface area contributed by atoms with Gasteiger partial charge in [-0.2, -0.15) is 0 Å². The second-order valence-corrected chi connectivity index (χ2v) is 5.74. The molecule has 0 spiro atoms. The average molecular weight is 316 g/mol. The predicted octanol–water partition coefficient (Wildman–Crippen LogP) is 1.89. The molecule has 1 rings (SSSR count). The Hall–Kier alpha value is -1.80. The standard InChI is InChI=1S/C13H17FN2O4S/c1-3-21-9-6-4-5-8(14)10(9)16-12(19)15-7-13(2,20)11(17)18/h4-6,20H,3,7H2,1-2H3,(H,17,18)(H2,15,16,19). The number of thioether (sulfide) groups is 1. The Kier molecular flexibility index (Phi) is 5.98. The Morgan fingerprint density at radius 1 is 1.43 bits per heavy atom. The first kappa shape index (κ1) is 17.3. The van der Waals surface area contributed by atoms with Gasteiger partial charge in [-0.15, -0.1) is 11.8 Å². The molecule has 6 nitrogen and oxygen atoms in total. The summed E-state index contributed by atoms with van der Waals surface area (Å²) in [6.07, 6.45) is 0. The maximum Gasteiger partial charge on any atom is 0.337 e. The van der Waals surface area contributed by atoms with Crippen LogP contribution in [0.2, 0.25) is 0 Å². The van der Waals surface area contributed by atoms with Crippen molar-refractivity contribution < 1.29 is 24.2 Å². The summed E-state index contributed by atoms with van der Waals surface area (Å²) in [5.41, 5.74) is -2.06. The number of carbonyl (C=O) groups excluding carboxylic acids is 1. The summed E-state index contributed by atoms with van der Waals surface area (Å²) >= 11 is 1.36. The summed E-state index contributed by atoms with van der Waals surface area (Å²) in [4.78, 5) is 23.0.